The van der Waals surface area contributed by atoms with Crippen LogP contribution in [0.3, 0.4) is 0 Å². The monoisotopic (exact) mass is 325 g/mol. The second-order valence-electron chi connectivity index (χ2n) is 4.37. The van der Waals surface area contributed by atoms with Gasteiger partial charge in [-0.15, -0.1) is 0 Å². The van der Waals surface area contributed by atoms with Crippen LogP contribution < -0.4 is 0 Å². The lowest BCUT2D eigenvalue weighted by Gasteiger charge is -2.25. The summed E-state index contributed by atoms with van der Waals surface area (Å²) in [6.07, 6.45) is 1.94. The van der Waals surface area contributed by atoms with E-state index < -0.39 is 0 Å². The van der Waals surface area contributed by atoms with E-state index in [1.54, 1.807) is 12.0 Å². The Morgan fingerprint density at radius 1 is 1.42 bits per heavy atom. The van der Waals surface area contributed by atoms with E-state index in [-0.39, 0.29) is 18.0 Å². The zero-order valence-electron chi connectivity index (χ0n) is 11.9. The molecule has 3 nitrogen and oxygen atoms in total. The Hall–Kier alpha value is -1.13. The fraction of sp³-hybridized carbons (Fsp3) is 0.400. The van der Waals surface area contributed by atoms with Crippen LogP contribution in [0.2, 0.25) is 0 Å². The Balaban J connectivity index is 3.20. The number of hydrogen-bond donors (Lipinski definition) is 0. The Morgan fingerprint density at radius 2 is 2.11 bits per heavy atom. The number of methoxy groups -OCH3 is 1. The molecule has 0 bridgehead atoms. The number of hydrogen-bond acceptors (Lipinski definition) is 2. The maximum absolute atomic E-state index is 12.0. The summed E-state index contributed by atoms with van der Waals surface area (Å²) in [4.78, 5) is 13.7. The summed E-state index contributed by atoms with van der Waals surface area (Å²) in [5, 5.41) is 0.276. The summed E-state index contributed by atoms with van der Waals surface area (Å²) >= 11 is 3.21. The zero-order valence-corrected chi connectivity index (χ0v) is 13.5. The van der Waals surface area contributed by atoms with E-state index in [1.165, 1.54) is 5.56 Å². The Bertz CT molecular complexity index is 483. The van der Waals surface area contributed by atoms with E-state index in [0.29, 0.717) is 0 Å². The SMILES string of the molecule is C/C=C(/c1ccc(C)cc1C)N(COC)C(=O)CBr. The minimum Gasteiger partial charge on any atom is -0.364 e. The van der Waals surface area contributed by atoms with Crippen molar-refractivity contribution in [3.63, 3.8) is 0 Å². The van der Waals surface area contributed by atoms with Crippen molar-refractivity contribution in [3.8, 4) is 0 Å². The molecule has 19 heavy (non-hydrogen) atoms. The molecule has 0 N–H and O–H groups in total. The number of halogens is 1. The average molecular weight is 326 g/mol. The lowest BCUT2D eigenvalue weighted by atomic mass is 10.0. The van der Waals surface area contributed by atoms with Gasteiger partial charge in [0.2, 0.25) is 5.91 Å². The fourth-order valence-electron chi connectivity index (χ4n) is 2.03. The number of carbonyl (C=O) groups excluding carboxylic acids is 1. The van der Waals surface area contributed by atoms with Crippen molar-refractivity contribution in [2.45, 2.75) is 20.8 Å². The molecule has 0 radical (unpaired) electrons. The molecule has 1 aromatic rings. The number of amides is 1. The highest BCUT2D eigenvalue weighted by atomic mass is 79.9. The van der Waals surface area contributed by atoms with E-state index in [1.807, 2.05) is 19.1 Å². The molecule has 0 saturated heterocycles. The van der Waals surface area contributed by atoms with Crippen molar-refractivity contribution in [2.75, 3.05) is 19.2 Å². The predicted octanol–water partition coefficient (Wildman–Crippen LogP) is 3.49. The highest BCUT2D eigenvalue weighted by Crippen LogP contribution is 2.24. The molecule has 0 aromatic heterocycles. The van der Waals surface area contributed by atoms with Crippen LogP contribution in [0.15, 0.2) is 24.3 Å². The Labute approximate surface area is 123 Å². The summed E-state index contributed by atoms with van der Waals surface area (Å²) in [5.74, 6) is -0.0186. The van der Waals surface area contributed by atoms with Gasteiger partial charge in [0.05, 0.1) is 5.33 Å². The molecule has 1 aromatic carbocycles. The molecule has 0 heterocycles. The van der Waals surface area contributed by atoms with E-state index >= 15 is 0 Å². The highest BCUT2D eigenvalue weighted by molar-refractivity contribution is 9.09. The van der Waals surface area contributed by atoms with Gasteiger partial charge in [0, 0.05) is 18.4 Å². The topological polar surface area (TPSA) is 29.5 Å². The zero-order chi connectivity index (χ0) is 14.4. The van der Waals surface area contributed by atoms with E-state index in [9.17, 15) is 4.79 Å². The standard InChI is InChI=1S/C15H20BrNO2/c1-5-14(17(10-19-4)15(18)9-16)13-7-6-11(2)8-12(13)3/h5-8H,9-10H2,1-4H3/b14-5-. The largest absolute Gasteiger partial charge is 0.364 e. The summed E-state index contributed by atoms with van der Waals surface area (Å²) in [5.41, 5.74) is 4.29. The number of carbonyl (C=O) groups is 1. The molecular formula is C15H20BrNO2. The van der Waals surface area contributed by atoms with E-state index in [0.717, 1.165) is 16.8 Å². The van der Waals surface area contributed by atoms with Crippen LogP contribution in [0.4, 0.5) is 0 Å². The van der Waals surface area contributed by atoms with Gasteiger partial charge in [0.25, 0.3) is 0 Å². The molecule has 0 aliphatic carbocycles. The molecule has 0 saturated carbocycles. The van der Waals surface area contributed by atoms with Gasteiger partial charge in [-0.25, -0.2) is 0 Å². The quantitative estimate of drug-likeness (QED) is 0.612. The number of aryl methyl sites for hydroxylation is 2. The molecule has 0 aliphatic heterocycles. The van der Waals surface area contributed by atoms with Gasteiger partial charge < -0.3 is 4.74 Å². The first-order valence-corrected chi connectivity index (χ1v) is 7.26. The highest BCUT2D eigenvalue weighted by Gasteiger charge is 2.18. The van der Waals surface area contributed by atoms with Crippen molar-refractivity contribution in [1.82, 2.24) is 4.90 Å². The molecule has 0 aliphatic rings. The summed E-state index contributed by atoms with van der Waals surface area (Å²) in [7, 11) is 1.59. The Kier molecular flexibility index (Phi) is 6.25. The molecule has 1 amide bonds. The number of ether oxygens (including phenoxy) is 1. The van der Waals surface area contributed by atoms with Crippen molar-refractivity contribution in [3.05, 3.63) is 41.0 Å². The average Bonchev–Trinajstić information content (AvgIpc) is 2.39. The second-order valence-corrected chi connectivity index (χ2v) is 4.93. The summed E-state index contributed by atoms with van der Waals surface area (Å²) in [6.45, 7) is 6.29. The van der Waals surface area contributed by atoms with Crippen LogP contribution >= 0.6 is 15.9 Å². The summed E-state index contributed by atoms with van der Waals surface area (Å²) < 4.78 is 5.14. The molecular weight excluding hydrogens is 306 g/mol. The Morgan fingerprint density at radius 3 is 2.58 bits per heavy atom. The molecule has 0 atom stereocenters. The first-order valence-electron chi connectivity index (χ1n) is 6.14. The van der Waals surface area contributed by atoms with E-state index in [2.05, 4.69) is 41.9 Å². The molecule has 1 rings (SSSR count). The fourth-order valence-corrected chi connectivity index (χ4v) is 2.34. The van der Waals surface area contributed by atoms with Gasteiger partial charge in [0.15, 0.2) is 0 Å². The third kappa shape index (κ3) is 3.91. The smallest absolute Gasteiger partial charge is 0.239 e. The first kappa shape index (κ1) is 15.9. The van der Waals surface area contributed by atoms with Crippen molar-refractivity contribution < 1.29 is 9.53 Å². The van der Waals surface area contributed by atoms with Crippen LogP contribution in [-0.4, -0.2) is 30.0 Å². The minimum atomic E-state index is -0.0186. The van der Waals surface area contributed by atoms with Gasteiger partial charge in [-0.2, -0.15) is 0 Å². The van der Waals surface area contributed by atoms with Crippen molar-refractivity contribution in [1.29, 1.82) is 0 Å². The first-order chi connectivity index (χ1) is 9.04. The van der Waals surface area contributed by atoms with Gasteiger partial charge in [-0.3, -0.25) is 9.69 Å². The van der Waals surface area contributed by atoms with Gasteiger partial charge in [0.1, 0.15) is 6.73 Å². The van der Waals surface area contributed by atoms with Crippen molar-refractivity contribution in [2.24, 2.45) is 0 Å². The molecule has 0 fully saturated rings. The molecule has 104 valence electrons. The van der Waals surface area contributed by atoms with Crippen LogP contribution in [0.5, 0.6) is 0 Å². The van der Waals surface area contributed by atoms with Gasteiger partial charge in [-0.1, -0.05) is 45.8 Å². The number of nitrogens with zero attached hydrogens (tertiary/aromatic N) is 1. The van der Waals surface area contributed by atoms with Crippen LogP contribution in [0.25, 0.3) is 5.70 Å². The number of alkyl halides is 1. The minimum absolute atomic E-state index is 0.0186. The number of rotatable bonds is 5. The molecule has 0 spiro atoms. The third-order valence-corrected chi connectivity index (χ3v) is 3.38. The van der Waals surface area contributed by atoms with Crippen LogP contribution in [0, 0.1) is 13.8 Å². The predicted molar refractivity (Wildman–Crippen MR) is 82.1 cm³/mol. The maximum atomic E-state index is 12.0. The van der Waals surface area contributed by atoms with Crippen LogP contribution in [0.1, 0.15) is 23.6 Å². The summed E-state index contributed by atoms with van der Waals surface area (Å²) in [6, 6.07) is 6.21. The van der Waals surface area contributed by atoms with E-state index in [4.69, 9.17) is 4.74 Å². The normalized spacial score (nSPS) is 11.5. The maximum Gasteiger partial charge on any atom is 0.239 e. The lowest BCUT2D eigenvalue weighted by molar-refractivity contribution is -0.128. The van der Waals surface area contributed by atoms with Gasteiger partial charge in [-0.05, 0) is 26.3 Å². The van der Waals surface area contributed by atoms with Crippen molar-refractivity contribution >= 4 is 27.5 Å². The van der Waals surface area contributed by atoms with Crippen LogP contribution in [-0.2, 0) is 9.53 Å². The van der Waals surface area contributed by atoms with Gasteiger partial charge >= 0.3 is 0 Å². The molecule has 0 unspecified atom stereocenters. The molecule has 4 heteroatoms. The third-order valence-electron chi connectivity index (χ3n) is 2.90. The second kappa shape index (κ2) is 7.46. The lowest BCUT2D eigenvalue weighted by Crippen LogP contribution is -2.32. The number of allylic oxidation sites excluding steroid dienone is 1. The number of benzene rings is 1.